The Kier molecular flexibility index (Phi) is 5.62. The van der Waals surface area contributed by atoms with Gasteiger partial charge in [0.05, 0.1) is 11.9 Å². The third-order valence-corrected chi connectivity index (χ3v) is 4.80. The van der Waals surface area contributed by atoms with E-state index < -0.39 is 0 Å². The summed E-state index contributed by atoms with van der Waals surface area (Å²) in [6, 6.07) is 6.65. The number of aryl methyl sites for hydroxylation is 1. The van der Waals surface area contributed by atoms with E-state index in [1.807, 2.05) is 25.2 Å². The van der Waals surface area contributed by atoms with Crippen LogP contribution in [0.3, 0.4) is 0 Å². The van der Waals surface area contributed by atoms with E-state index in [0.717, 1.165) is 10.6 Å². The molecule has 0 unspecified atom stereocenters. The van der Waals surface area contributed by atoms with E-state index in [2.05, 4.69) is 15.4 Å². The zero-order valence-corrected chi connectivity index (χ0v) is 15.5. The number of aromatic nitrogens is 3. The molecule has 1 N–H and O–H groups in total. The minimum Gasteiger partial charge on any atom is -0.372 e. The van der Waals surface area contributed by atoms with Gasteiger partial charge in [0.15, 0.2) is 0 Å². The van der Waals surface area contributed by atoms with Crippen molar-refractivity contribution in [3.63, 3.8) is 0 Å². The van der Waals surface area contributed by atoms with Crippen LogP contribution < -0.4 is 10.2 Å². The molecule has 0 aliphatic rings. The summed E-state index contributed by atoms with van der Waals surface area (Å²) < 4.78 is 15.4. The maximum absolute atomic E-state index is 13.7. The molecular formula is C18H20FN5OS. The molecule has 3 aromatic rings. The number of benzene rings is 1. The molecule has 8 heteroatoms. The summed E-state index contributed by atoms with van der Waals surface area (Å²) in [6.07, 6.45) is 4.29. The van der Waals surface area contributed by atoms with Crippen LogP contribution in [-0.4, -0.2) is 40.8 Å². The molecule has 0 fully saturated rings. The SMILES string of the molecule is CN(CCCNC(=O)c1csc(-c2cnn(C)c2)n1)c1ccccc1F. The first-order chi connectivity index (χ1) is 12.5. The fourth-order valence-corrected chi connectivity index (χ4v) is 3.31. The lowest BCUT2D eigenvalue weighted by molar-refractivity contribution is 0.0949. The quantitative estimate of drug-likeness (QED) is 0.647. The number of amides is 1. The summed E-state index contributed by atoms with van der Waals surface area (Å²) in [4.78, 5) is 18.4. The number of hydrogen-bond acceptors (Lipinski definition) is 5. The standard InChI is InChI=1S/C18H20FN5OS/c1-23(16-7-4-3-6-14(16)19)9-5-8-20-17(25)15-12-26-18(22-15)13-10-21-24(2)11-13/h3-4,6-7,10-12H,5,8-9H2,1-2H3,(H,20,25). The number of carbonyl (C=O) groups excluding carboxylic acids is 1. The van der Waals surface area contributed by atoms with E-state index in [1.165, 1.54) is 17.4 Å². The highest BCUT2D eigenvalue weighted by Crippen LogP contribution is 2.22. The Balaban J connectivity index is 1.47. The van der Waals surface area contributed by atoms with Gasteiger partial charge in [0.25, 0.3) is 5.91 Å². The first-order valence-electron chi connectivity index (χ1n) is 8.23. The van der Waals surface area contributed by atoms with Crippen molar-refractivity contribution in [2.75, 3.05) is 25.0 Å². The highest BCUT2D eigenvalue weighted by molar-refractivity contribution is 7.13. The molecule has 3 rings (SSSR count). The van der Waals surface area contributed by atoms with Crippen LogP contribution in [-0.2, 0) is 7.05 Å². The molecule has 2 aromatic heterocycles. The summed E-state index contributed by atoms with van der Waals surface area (Å²) >= 11 is 1.41. The molecule has 0 saturated heterocycles. The van der Waals surface area contributed by atoms with Gasteiger partial charge in [0.2, 0.25) is 0 Å². The van der Waals surface area contributed by atoms with Crippen LogP contribution in [0.4, 0.5) is 10.1 Å². The number of rotatable bonds is 7. The van der Waals surface area contributed by atoms with Crippen molar-refractivity contribution >= 4 is 22.9 Å². The minimum absolute atomic E-state index is 0.204. The largest absolute Gasteiger partial charge is 0.372 e. The molecule has 0 bridgehead atoms. The van der Waals surface area contributed by atoms with Crippen LogP contribution in [0.15, 0.2) is 42.0 Å². The van der Waals surface area contributed by atoms with E-state index in [9.17, 15) is 9.18 Å². The van der Waals surface area contributed by atoms with E-state index in [-0.39, 0.29) is 11.7 Å². The van der Waals surface area contributed by atoms with Crippen LogP contribution in [0.5, 0.6) is 0 Å². The number of anilines is 1. The molecular weight excluding hydrogens is 353 g/mol. The van der Waals surface area contributed by atoms with Crippen molar-refractivity contribution in [2.45, 2.75) is 6.42 Å². The summed E-state index contributed by atoms with van der Waals surface area (Å²) in [5, 5.41) is 9.47. The summed E-state index contributed by atoms with van der Waals surface area (Å²) in [7, 11) is 3.67. The predicted octanol–water partition coefficient (Wildman–Crippen LogP) is 2.94. The molecule has 1 amide bonds. The molecule has 136 valence electrons. The van der Waals surface area contributed by atoms with Gasteiger partial charge in [-0.1, -0.05) is 12.1 Å². The van der Waals surface area contributed by atoms with Crippen molar-refractivity contribution in [2.24, 2.45) is 7.05 Å². The fraction of sp³-hybridized carbons (Fsp3) is 0.278. The Morgan fingerprint density at radius 3 is 2.92 bits per heavy atom. The van der Waals surface area contributed by atoms with Crippen LogP contribution in [0.25, 0.3) is 10.6 Å². The van der Waals surface area contributed by atoms with Gasteiger partial charge in [-0.15, -0.1) is 11.3 Å². The molecule has 1 aromatic carbocycles. The lowest BCUT2D eigenvalue weighted by Gasteiger charge is -2.19. The van der Waals surface area contributed by atoms with Gasteiger partial charge >= 0.3 is 0 Å². The van der Waals surface area contributed by atoms with Crippen LogP contribution in [0.2, 0.25) is 0 Å². The van der Waals surface area contributed by atoms with E-state index >= 15 is 0 Å². The second kappa shape index (κ2) is 8.09. The Morgan fingerprint density at radius 2 is 2.19 bits per heavy atom. The zero-order chi connectivity index (χ0) is 18.5. The molecule has 26 heavy (non-hydrogen) atoms. The van der Waals surface area contributed by atoms with Crippen molar-refractivity contribution in [3.05, 3.63) is 53.6 Å². The fourth-order valence-electron chi connectivity index (χ4n) is 2.53. The smallest absolute Gasteiger partial charge is 0.270 e. The van der Waals surface area contributed by atoms with Gasteiger partial charge in [-0.3, -0.25) is 9.48 Å². The molecule has 6 nitrogen and oxygen atoms in total. The average Bonchev–Trinajstić information content (AvgIpc) is 3.27. The van der Waals surface area contributed by atoms with Gasteiger partial charge in [-0.05, 0) is 18.6 Å². The topological polar surface area (TPSA) is 63.1 Å². The summed E-state index contributed by atoms with van der Waals surface area (Å²) in [5.74, 6) is -0.450. The number of carbonyl (C=O) groups is 1. The Morgan fingerprint density at radius 1 is 1.38 bits per heavy atom. The number of nitrogens with zero attached hydrogens (tertiary/aromatic N) is 4. The number of halogens is 1. The number of thiazole rings is 1. The van der Waals surface area contributed by atoms with Crippen molar-refractivity contribution < 1.29 is 9.18 Å². The number of para-hydroxylation sites is 1. The molecule has 0 aliphatic heterocycles. The predicted molar refractivity (Wildman–Crippen MR) is 101 cm³/mol. The van der Waals surface area contributed by atoms with Gasteiger partial charge in [-0.25, -0.2) is 9.37 Å². The van der Waals surface area contributed by atoms with Crippen LogP contribution >= 0.6 is 11.3 Å². The lowest BCUT2D eigenvalue weighted by Crippen LogP contribution is -2.28. The summed E-state index contributed by atoms with van der Waals surface area (Å²) in [6.45, 7) is 1.14. The molecule has 0 radical (unpaired) electrons. The van der Waals surface area contributed by atoms with E-state index in [0.29, 0.717) is 30.9 Å². The summed E-state index contributed by atoms with van der Waals surface area (Å²) in [5.41, 5.74) is 1.85. The maximum Gasteiger partial charge on any atom is 0.270 e. The first-order valence-corrected chi connectivity index (χ1v) is 9.11. The van der Waals surface area contributed by atoms with Crippen LogP contribution in [0.1, 0.15) is 16.9 Å². The molecule has 0 saturated carbocycles. The highest BCUT2D eigenvalue weighted by Gasteiger charge is 2.12. The Bertz CT molecular complexity index is 891. The molecule has 2 heterocycles. The lowest BCUT2D eigenvalue weighted by atomic mass is 10.2. The second-order valence-corrected chi connectivity index (χ2v) is 6.78. The van der Waals surface area contributed by atoms with Crippen molar-refractivity contribution in [1.29, 1.82) is 0 Å². The third kappa shape index (κ3) is 4.26. The average molecular weight is 373 g/mol. The molecule has 0 aliphatic carbocycles. The van der Waals surface area contributed by atoms with Gasteiger partial charge < -0.3 is 10.2 Å². The zero-order valence-electron chi connectivity index (χ0n) is 14.6. The number of hydrogen-bond donors (Lipinski definition) is 1. The van der Waals surface area contributed by atoms with Gasteiger partial charge in [0, 0.05) is 44.3 Å². The van der Waals surface area contributed by atoms with E-state index in [4.69, 9.17) is 0 Å². The number of nitrogens with one attached hydrogen (secondary N) is 1. The Hall–Kier alpha value is -2.74. The van der Waals surface area contributed by atoms with Gasteiger partial charge in [0.1, 0.15) is 16.5 Å². The third-order valence-electron chi connectivity index (χ3n) is 3.91. The molecule has 0 spiro atoms. The minimum atomic E-state index is -0.246. The molecule has 0 atom stereocenters. The monoisotopic (exact) mass is 373 g/mol. The van der Waals surface area contributed by atoms with Crippen LogP contribution in [0, 0.1) is 5.82 Å². The van der Waals surface area contributed by atoms with Gasteiger partial charge in [-0.2, -0.15) is 5.10 Å². The van der Waals surface area contributed by atoms with E-state index in [1.54, 1.807) is 34.5 Å². The Labute approximate surface area is 155 Å². The van der Waals surface area contributed by atoms with Crippen molar-refractivity contribution in [3.8, 4) is 10.6 Å². The normalized spacial score (nSPS) is 10.7. The maximum atomic E-state index is 13.7. The van der Waals surface area contributed by atoms with Crippen molar-refractivity contribution in [1.82, 2.24) is 20.1 Å². The first kappa shape index (κ1) is 18.1. The highest BCUT2D eigenvalue weighted by atomic mass is 32.1. The second-order valence-electron chi connectivity index (χ2n) is 5.92.